The normalized spacial score (nSPS) is 20.2. The van der Waals surface area contributed by atoms with Crippen LogP contribution in [0, 0.1) is 5.92 Å². The number of thioether (sulfide) groups is 1. The van der Waals surface area contributed by atoms with Crippen LogP contribution >= 0.6 is 11.8 Å². The third kappa shape index (κ3) is 3.16. The largest absolute Gasteiger partial charge is 0.290 e. The topological polar surface area (TPSA) is 47.0 Å². The van der Waals surface area contributed by atoms with Crippen molar-refractivity contribution in [1.82, 2.24) is 4.98 Å². The molecular weight excluding hydrogens is 282 g/mol. The molecule has 0 aliphatic heterocycles. The molecule has 2 aliphatic carbocycles. The molecular formula is C17H17NO2S. The Kier molecular flexibility index (Phi) is 4.34. The number of hydrogen-bond acceptors (Lipinski definition) is 4. The number of allylic oxidation sites excluding steroid dienone is 4. The summed E-state index contributed by atoms with van der Waals surface area (Å²) in [4.78, 5) is 29.4. The minimum Gasteiger partial charge on any atom is -0.290 e. The molecule has 0 amide bonds. The van der Waals surface area contributed by atoms with Gasteiger partial charge in [-0.25, -0.2) is 4.98 Å². The molecule has 108 valence electrons. The smallest absolute Gasteiger partial charge is 0.193 e. The van der Waals surface area contributed by atoms with Gasteiger partial charge in [0.1, 0.15) is 5.03 Å². The molecule has 0 saturated heterocycles. The number of rotatable bonds is 3. The van der Waals surface area contributed by atoms with Gasteiger partial charge in [0.2, 0.25) is 0 Å². The monoisotopic (exact) mass is 299 g/mol. The van der Waals surface area contributed by atoms with Crippen LogP contribution in [-0.4, -0.2) is 16.6 Å². The maximum atomic E-state index is 12.3. The quantitative estimate of drug-likeness (QED) is 0.798. The first-order valence-electron chi connectivity index (χ1n) is 7.35. The Morgan fingerprint density at radius 2 is 1.76 bits per heavy atom. The summed E-state index contributed by atoms with van der Waals surface area (Å²) in [6, 6.07) is 5.60. The third-order valence-corrected chi connectivity index (χ3v) is 5.05. The number of hydrogen-bond donors (Lipinski definition) is 0. The van der Waals surface area contributed by atoms with Gasteiger partial charge < -0.3 is 0 Å². The first kappa shape index (κ1) is 14.3. The number of aromatic nitrogens is 1. The first-order valence-corrected chi connectivity index (χ1v) is 8.17. The van der Waals surface area contributed by atoms with Crippen LogP contribution in [0.1, 0.15) is 32.1 Å². The maximum absolute atomic E-state index is 12.3. The minimum absolute atomic E-state index is 0.0000638. The fourth-order valence-electron chi connectivity index (χ4n) is 2.96. The summed E-state index contributed by atoms with van der Waals surface area (Å²) >= 11 is 1.33. The molecule has 1 aromatic rings. The standard InChI is InChI=1S/C17H17NO2S/c19-13-9-10-14(20)17(21-15-8-4-5-11-18-15)16(13)12-6-2-1-3-7-12/h4-5,8-12H,1-3,6-7H2. The highest BCUT2D eigenvalue weighted by Gasteiger charge is 2.30. The zero-order valence-corrected chi connectivity index (χ0v) is 12.6. The molecule has 21 heavy (non-hydrogen) atoms. The lowest BCUT2D eigenvalue weighted by Crippen LogP contribution is -2.21. The lowest BCUT2D eigenvalue weighted by Gasteiger charge is -2.26. The van der Waals surface area contributed by atoms with E-state index in [1.807, 2.05) is 18.2 Å². The molecule has 0 unspecified atom stereocenters. The number of nitrogens with zero attached hydrogens (tertiary/aromatic N) is 1. The molecule has 0 aromatic carbocycles. The highest BCUT2D eigenvalue weighted by Crippen LogP contribution is 2.39. The van der Waals surface area contributed by atoms with E-state index in [0.717, 1.165) is 36.3 Å². The molecule has 0 bridgehead atoms. The van der Waals surface area contributed by atoms with E-state index in [1.165, 1.54) is 30.3 Å². The van der Waals surface area contributed by atoms with Gasteiger partial charge in [-0.2, -0.15) is 0 Å². The zero-order valence-electron chi connectivity index (χ0n) is 11.7. The predicted molar refractivity (Wildman–Crippen MR) is 82.8 cm³/mol. The van der Waals surface area contributed by atoms with E-state index in [0.29, 0.717) is 4.91 Å². The molecule has 0 radical (unpaired) electrons. The van der Waals surface area contributed by atoms with Gasteiger partial charge in [-0.15, -0.1) is 0 Å². The molecule has 0 atom stereocenters. The zero-order chi connectivity index (χ0) is 14.7. The van der Waals surface area contributed by atoms with Gasteiger partial charge in [-0.3, -0.25) is 9.59 Å². The Labute approximate surface area is 128 Å². The van der Waals surface area contributed by atoms with E-state index in [4.69, 9.17) is 0 Å². The number of pyridine rings is 1. The highest BCUT2D eigenvalue weighted by molar-refractivity contribution is 8.04. The second-order valence-corrected chi connectivity index (χ2v) is 6.44. The molecule has 1 saturated carbocycles. The highest BCUT2D eigenvalue weighted by atomic mass is 32.2. The predicted octanol–water partition coefficient (Wildman–Crippen LogP) is 3.72. The SMILES string of the molecule is O=C1C=CC(=O)C(C2CCCCC2)=C1Sc1ccccn1. The first-order chi connectivity index (χ1) is 10.3. The van der Waals surface area contributed by atoms with Gasteiger partial charge in [0.25, 0.3) is 0 Å². The number of carbonyl (C=O) groups is 2. The summed E-state index contributed by atoms with van der Waals surface area (Å²) in [7, 11) is 0. The molecule has 1 fully saturated rings. The summed E-state index contributed by atoms with van der Waals surface area (Å²) in [6.45, 7) is 0. The summed E-state index contributed by atoms with van der Waals surface area (Å²) < 4.78 is 0. The Morgan fingerprint density at radius 3 is 2.48 bits per heavy atom. The van der Waals surface area contributed by atoms with Crippen molar-refractivity contribution >= 4 is 23.3 Å². The van der Waals surface area contributed by atoms with E-state index in [2.05, 4.69) is 4.98 Å². The van der Waals surface area contributed by atoms with E-state index >= 15 is 0 Å². The van der Waals surface area contributed by atoms with Crippen LogP contribution in [-0.2, 0) is 9.59 Å². The molecule has 0 spiro atoms. The van der Waals surface area contributed by atoms with Crippen molar-refractivity contribution in [1.29, 1.82) is 0 Å². The average Bonchev–Trinajstić information content (AvgIpc) is 2.53. The molecule has 4 heteroatoms. The van der Waals surface area contributed by atoms with Crippen molar-refractivity contribution in [3.05, 3.63) is 47.0 Å². The van der Waals surface area contributed by atoms with Gasteiger partial charge in [-0.05, 0) is 43.0 Å². The van der Waals surface area contributed by atoms with Crippen molar-refractivity contribution in [3.63, 3.8) is 0 Å². The number of ketones is 2. The van der Waals surface area contributed by atoms with Crippen LogP contribution in [0.5, 0.6) is 0 Å². The van der Waals surface area contributed by atoms with Crippen molar-refractivity contribution < 1.29 is 9.59 Å². The summed E-state index contributed by atoms with van der Waals surface area (Å²) in [6.07, 6.45) is 10.0. The Balaban J connectivity index is 1.96. The van der Waals surface area contributed by atoms with Gasteiger partial charge in [0.15, 0.2) is 11.6 Å². The third-order valence-electron chi connectivity index (χ3n) is 3.98. The number of carbonyl (C=O) groups excluding carboxylic acids is 2. The van der Waals surface area contributed by atoms with Crippen LogP contribution in [0.3, 0.4) is 0 Å². The van der Waals surface area contributed by atoms with Crippen LogP contribution in [0.15, 0.2) is 52.1 Å². The van der Waals surface area contributed by atoms with Crippen molar-refractivity contribution in [2.75, 3.05) is 0 Å². The Bertz CT molecular complexity index is 613. The van der Waals surface area contributed by atoms with Gasteiger partial charge >= 0.3 is 0 Å². The van der Waals surface area contributed by atoms with E-state index in [9.17, 15) is 9.59 Å². The van der Waals surface area contributed by atoms with Crippen molar-refractivity contribution in [3.8, 4) is 0 Å². The minimum atomic E-state index is -0.0640. The van der Waals surface area contributed by atoms with E-state index in [1.54, 1.807) is 6.20 Å². The van der Waals surface area contributed by atoms with E-state index < -0.39 is 0 Å². The summed E-state index contributed by atoms with van der Waals surface area (Å²) in [5, 5.41) is 0.761. The second-order valence-electron chi connectivity index (χ2n) is 5.41. The van der Waals surface area contributed by atoms with Crippen LogP contribution in [0.4, 0.5) is 0 Å². The molecule has 2 aliphatic rings. The average molecular weight is 299 g/mol. The van der Waals surface area contributed by atoms with Crippen molar-refractivity contribution in [2.45, 2.75) is 37.1 Å². The van der Waals surface area contributed by atoms with Crippen molar-refractivity contribution in [2.24, 2.45) is 5.92 Å². The lowest BCUT2D eigenvalue weighted by molar-refractivity contribution is -0.115. The molecule has 1 aromatic heterocycles. The Morgan fingerprint density at radius 1 is 1.00 bits per heavy atom. The summed E-state index contributed by atoms with van der Waals surface area (Å²) in [5.74, 6) is 0.164. The molecule has 3 nitrogen and oxygen atoms in total. The van der Waals surface area contributed by atoms with Gasteiger partial charge in [-0.1, -0.05) is 37.1 Å². The van der Waals surface area contributed by atoms with Gasteiger partial charge in [0, 0.05) is 11.8 Å². The molecule has 1 heterocycles. The summed E-state index contributed by atoms with van der Waals surface area (Å²) in [5.41, 5.74) is 0.720. The van der Waals surface area contributed by atoms with E-state index in [-0.39, 0.29) is 17.5 Å². The fraction of sp³-hybridized carbons (Fsp3) is 0.353. The van der Waals surface area contributed by atoms with Crippen LogP contribution in [0.2, 0.25) is 0 Å². The fourth-order valence-corrected chi connectivity index (χ4v) is 3.97. The molecule has 0 N–H and O–H groups in total. The Hall–Kier alpha value is -1.68. The van der Waals surface area contributed by atoms with Crippen LogP contribution < -0.4 is 0 Å². The van der Waals surface area contributed by atoms with Crippen LogP contribution in [0.25, 0.3) is 0 Å². The van der Waals surface area contributed by atoms with Gasteiger partial charge in [0.05, 0.1) is 4.91 Å². The molecule has 3 rings (SSSR count). The maximum Gasteiger partial charge on any atom is 0.193 e. The second kappa shape index (κ2) is 6.39. The lowest BCUT2D eigenvalue weighted by atomic mass is 9.80.